The van der Waals surface area contributed by atoms with Gasteiger partial charge in [-0.25, -0.2) is 4.52 Å². The van der Waals surface area contributed by atoms with Gasteiger partial charge < -0.3 is 4.90 Å². The minimum atomic E-state index is 0.0647. The van der Waals surface area contributed by atoms with Gasteiger partial charge in [0, 0.05) is 45.1 Å². The molecule has 0 aliphatic carbocycles. The van der Waals surface area contributed by atoms with Crippen molar-refractivity contribution in [2.75, 3.05) is 26.2 Å². The maximum atomic E-state index is 12.8. The SMILES string of the molecule is Cc1cccnc1CN1CCN(C(=O)c2cnn3ccccc23)CC1. The number of amides is 1. The number of carbonyl (C=O) groups is 1. The van der Waals surface area contributed by atoms with Gasteiger partial charge in [0.1, 0.15) is 0 Å². The highest BCUT2D eigenvalue weighted by molar-refractivity contribution is 6.00. The molecule has 0 N–H and O–H groups in total. The largest absolute Gasteiger partial charge is 0.336 e. The summed E-state index contributed by atoms with van der Waals surface area (Å²) in [6, 6.07) is 9.83. The lowest BCUT2D eigenvalue weighted by Gasteiger charge is -2.34. The van der Waals surface area contributed by atoms with Gasteiger partial charge in [-0.1, -0.05) is 12.1 Å². The molecule has 4 heterocycles. The van der Waals surface area contributed by atoms with Crippen LogP contribution in [-0.4, -0.2) is 56.5 Å². The molecule has 4 rings (SSSR count). The monoisotopic (exact) mass is 335 g/mol. The molecule has 1 saturated heterocycles. The van der Waals surface area contributed by atoms with Crippen LogP contribution in [0.4, 0.5) is 0 Å². The van der Waals surface area contributed by atoms with Crippen LogP contribution in [0.2, 0.25) is 0 Å². The van der Waals surface area contributed by atoms with Crippen LogP contribution in [0.1, 0.15) is 21.6 Å². The lowest BCUT2D eigenvalue weighted by Crippen LogP contribution is -2.48. The van der Waals surface area contributed by atoms with Crippen LogP contribution < -0.4 is 0 Å². The van der Waals surface area contributed by atoms with Crippen molar-refractivity contribution in [3.63, 3.8) is 0 Å². The fraction of sp³-hybridized carbons (Fsp3) is 0.316. The summed E-state index contributed by atoms with van der Waals surface area (Å²) in [5.41, 5.74) is 3.87. The maximum Gasteiger partial charge on any atom is 0.257 e. The Hall–Kier alpha value is -2.73. The van der Waals surface area contributed by atoms with Crippen molar-refractivity contribution in [1.82, 2.24) is 24.4 Å². The average Bonchev–Trinajstić information content (AvgIpc) is 3.08. The van der Waals surface area contributed by atoms with Crippen LogP contribution in [0, 0.1) is 6.92 Å². The van der Waals surface area contributed by atoms with Gasteiger partial charge in [0.25, 0.3) is 5.91 Å². The molecular formula is C19H21N5O. The van der Waals surface area contributed by atoms with Crippen molar-refractivity contribution in [2.24, 2.45) is 0 Å². The first-order chi connectivity index (χ1) is 12.2. The van der Waals surface area contributed by atoms with E-state index in [0.717, 1.165) is 43.9 Å². The molecule has 0 saturated carbocycles. The topological polar surface area (TPSA) is 53.7 Å². The quantitative estimate of drug-likeness (QED) is 0.735. The molecule has 0 aromatic carbocycles. The third kappa shape index (κ3) is 3.13. The average molecular weight is 335 g/mol. The van der Waals surface area contributed by atoms with Gasteiger partial charge in [-0.2, -0.15) is 5.10 Å². The Morgan fingerprint density at radius 1 is 1.12 bits per heavy atom. The van der Waals surface area contributed by atoms with Crippen LogP contribution in [0.25, 0.3) is 5.52 Å². The number of pyridine rings is 2. The summed E-state index contributed by atoms with van der Waals surface area (Å²) >= 11 is 0. The summed E-state index contributed by atoms with van der Waals surface area (Å²) in [5.74, 6) is 0.0647. The Morgan fingerprint density at radius 2 is 1.96 bits per heavy atom. The van der Waals surface area contributed by atoms with E-state index in [1.165, 1.54) is 5.56 Å². The number of piperazine rings is 1. The Bertz CT molecular complexity index is 895. The second-order valence-electron chi connectivity index (χ2n) is 6.42. The second kappa shape index (κ2) is 6.64. The van der Waals surface area contributed by atoms with Crippen molar-refractivity contribution in [2.45, 2.75) is 13.5 Å². The summed E-state index contributed by atoms with van der Waals surface area (Å²) in [5, 5.41) is 4.27. The first-order valence-electron chi connectivity index (χ1n) is 8.57. The minimum absolute atomic E-state index is 0.0647. The van der Waals surface area contributed by atoms with Crippen LogP contribution in [-0.2, 0) is 6.54 Å². The lowest BCUT2D eigenvalue weighted by atomic mass is 10.2. The fourth-order valence-corrected chi connectivity index (χ4v) is 3.27. The molecule has 128 valence electrons. The molecule has 0 atom stereocenters. The zero-order chi connectivity index (χ0) is 17.2. The van der Waals surface area contributed by atoms with E-state index in [1.54, 1.807) is 10.7 Å². The summed E-state index contributed by atoms with van der Waals surface area (Å²) in [6.45, 7) is 6.12. The van der Waals surface area contributed by atoms with Gasteiger partial charge in [0.2, 0.25) is 0 Å². The number of hydrogen-bond acceptors (Lipinski definition) is 4. The molecule has 1 aliphatic heterocycles. The van der Waals surface area contributed by atoms with Gasteiger partial charge in [-0.15, -0.1) is 0 Å². The Labute approximate surface area is 146 Å². The van der Waals surface area contributed by atoms with Gasteiger partial charge in [-0.3, -0.25) is 14.7 Å². The molecule has 6 nitrogen and oxygen atoms in total. The normalized spacial score (nSPS) is 15.6. The van der Waals surface area contributed by atoms with E-state index in [-0.39, 0.29) is 5.91 Å². The van der Waals surface area contributed by atoms with Gasteiger partial charge >= 0.3 is 0 Å². The number of carbonyl (C=O) groups excluding carboxylic acids is 1. The highest BCUT2D eigenvalue weighted by Crippen LogP contribution is 2.16. The third-order valence-corrected chi connectivity index (χ3v) is 4.81. The zero-order valence-electron chi connectivity index (χ0n) is 14.3. The van der Waals surface area contributed by atoms with Gasteiger partial charge in [0.05, 0.1) is 23.0 Å². The van der Waals surface area contributed by atoms with E-state index in [0.29, 0.717) is 5.56 Å². The molecule has 0 unspecified atom stereocenters. The van der Waals surface area contributed by atoms with E-state index in [4.69, 9.17) is 0 Å². The van der Waals surface area contributed by atoms with Gasteiger partial charge in [0.15, 0.2) is 0 Å². The van der Waals surface area contributed by atoms with Crippen LogP contribution >= 0.6 is 0 Å². The molecule has 25 heavy (non-hydrogen) atoms. The number of rotatable bonds is 3. The van der Waals surface area contributed by atoms with Gasteiger partial charge in [-0.05, 0) is 30.7 Å². The first kappa shape index (κ1) is 15.8. The van der Waals surface area contributed by atoms with Crippen LogP contribution in [0.15, 0.2) is 48.9 Å². The van der Waals surface area contributed by atoms with Crippen molar-refractivity contribution < 1.29 is 4.79 Å². The smallest absolute Gasteiger partial charge is 0.257 e. The summed E-state index contributed by atoms with van der Waals surface area (Å²) in [7, 11) is 0. The van der Waals surface area contributed by atoms with Crippen LogP contribution in [0.3, 0.4) is 0 Å². The highest BCUT2D eigenvalue weighted by Gasteiger charge is 2.24. The van der Waals surface area contributed by atoms with Crippen molar-refractivity contribution in [3.8, 4) is 0 Å². The van der Waals surface area contributed by atoms with E-state index in [1.807, 2.05) is 41.6 Å². The molecule has 6 heteroatoms. The first-order valence-corrected chi connectivity index (χ1v) is 8.57. The van der Waals surface area contributed by atoms with Crippen molar-refractivity contribution in [3.05, 3.63) is 65.7 Å². The standard InChI is InChI=1S/C19H21N5O/c1-15-5-4-7-20-17(15)14-22-9-11-23(12-10-22)19(25)16-13-21-24-8-3-2-6-18(16)24/h2-8,13H,9-12,14H2,1H3. The van der Waals surface area contributed by atoms with E-state index in [9.17, 15) is 4.79 Å². The van der Waals surface area contributed by atoms with E-state index in [2.05, 4.69) is 28.0 Å². The van der Waals surface area contributed by atoms with E-state index < -0.39 is 0 Å². The summed E-state index contributed by atoms with van der Waals surface area (Å²) in [6.07, 6.45) is 5.37. The number of aromatic nitrogens is 3. The maximum absolute atomic E-state index is 12.8. The Kier molecular flexibility index (Phi) is 4.19. The molecule has 1 aliphatic rings. The van der Waals surface area contributed by atoms with Crippen molar-refractivity contribution >= 4 is 11.4 Å². The van der Waals surface area contributed by atoms with E-state index >= 15 is 0 Å². The molecule has 3 aromatic rings. The number of nitrogens with zero attached hydrogens (tertiary/aromatic N) is 5. The fourth-order valence-electron chi connectivity index (χ4n) is 3.27. The number of hydrogen-bond donors (Lipinski definition) is 0. The highest BCUT2D eigenvalue weighted by atomic mass is 16.2. The predicted octanol–water partition coefficient (Wildman–Crippen LogP) is 2.00. The molecule has 1 fully saturated rings. The molecule has 0 radical (unpaired) electrons. The molecule has 3 aromatic heterocycles. The molecule has 0 spiro atoms. The number of fused-ring (bicyclic) bond motifs is 1. The van der Waals surface area contributed by atoms with Crippen molar-refractivity contribution in [1.29, 1.82) is 0 Å². The minimum Gasteiger partial charge on any atom is -0.336 e. The molecule has 0 bridgehead atoms. The van der Waals surface area contributed by atoms with Crippen LogP contribution in [0.5, 0.6) is 0 Å². The molecule has 1 amide bonds. The lowest BCUT2D eigenvalue weighted by molar-refractivity contribution is 0.0628. The summed E-state index contributed by atoms with van der Waals surface area (Å²) < 4.78 is 1.74. The zero-order valence-corrected chi connectivity index (χ0v) is 14.3. The predicted molar refractivity (Wildman–Crippen MR) is 95.3 cm³/mol. The molecular weight excluding hydrogens is 314 g/mol. The Morgan fingerprint density at radius 3 is 2.76 bits per heavy atom. The third-order valence-electron chi connectivity index (χ3n) is 4.81. The second-order valence-corrected chi connectivity index (χ2v) is 6.42. The Balaban J connectivity index is 1.42. The summed E-state index contributed by atoms with van der Waals surface area (Å²) in [4.78, 5) is 21.6. The number of aryl methyl sites for hydroxylation is 1.